The Morgan fingerprint density at radius 2 is 1.70 bits per heavy atom. The predicted molar refractivity (Wildman–Crippen MR) is 71.2 cm³/mol. The third-order valence-electron chi connectivity index (χ3n) is 3.26. The first-order chi connectivity index (χ1) is 9.30. The van der Waals surface area contributed by atoms with Gasteiger partial charge in [-0.05, 0) is 37.6 Å². The van der Waals surface area contributed by atoms with Gasteiger partial charge in [0, 0.05) is 0 Å². The number of ether oxygens (including phenoxy) is 2. The van der Waals surface area contributed by atoms with E-state index in [1.807, 2.05) is 6.92 Å². The molecule has 0 heterocycles. The smallest absolute Gasteiger partial charge is 0.410 e. The van der Waals surface area contributed by atoms with Crippen molar-refractivity contribution in [2.75, 3.05) is 20.8 Å². The van der Waals surface area contributed by atoms with Gasteiger partial charge in [0.25, 0.3) is 0 Å². The highest BCUT2D eigenvalue weighted by Crippen LogP contribution is 2.41. The zero-order chi connectivity index (χ0) is 15.4. The van der Waals surface area contributed by atoms with E-state index < -0.39 is 11.7 Å². The van der Waals surface area contributed by atoms with Gasteiger partial charge in [0.15, 0.2) is 11.5 Å². The molecule has 0 saturated heterocycles. The van der Waals surface area contributed by atoms with Crippen LogP contribution >= 0.6 is 0 Å². The van der Waals surface area contributed by atoms with Crippen molar-refractivity contribution in [2.24, 2.45) is 0 Å². The van der Waals surface area contributed by atoms with Crippen LogP contribution in [0.25, 0.3) is 0 Å². The van der Waals surface area contributed by atoms with Crippen LogP contribution in [0.4, 0.5) is 13.2 Å². The molecule has 20 heavy (non-hydrogen) atoms. The average molecular weight is 291 g/mol. The molecule has 0 bridgehead atoms. The normalized spacial score (nSPS) is 14.8. The summed E-state index contributed by atoms with van der Waals surface area (Å²) in [6, 6.07) is 4.23. The molecule has 1 unspecified atom stereocenters. The van der Waals surface area contributed by atoms with Crippen molar-refractivity contribution in [3.63, 3.8) is 0 Å². The molecule has 0 aromatic heterocycles. The number of alkyl halides is 3. The predicted octanol–water partition coefficient (Wildman–Crippen LogP) is 3.48. The van der Waals surface area contributed by atoms with Crippen molar-refractivity contribution in [1.82, 2.24) is 5.32 Å². The average Bonchev–Trinajstić information content (AvgIpc) is 2.42. The van der Waals surface area contributed by atoms with Crippen LogP contribution in [-0.2, 0) is 5.54 Å². The Morgan fingerprint density at radius 1 is 1.10 bits per heavy atom. The van der Waals surface area contributed by atoms with Crippen molar-refractivity contribution in [3.8, 4) is 11.5 Å². The Kier molecular flexibility index (Phi) is 5.28. The maximum atomic E-state index is 13.4. The third-order valence-corrected chi connectivity index (χ3v) is 3.26. The Bertz CT molecular complexity index is 449. The van der Waals surface area contributed by atoms with Crippen molar-refractivity contribution < 1.29 is 22.6 Å². The quantitative estimate of drug-likeness (QED) is 0.870. The molecule has 0 amide bonds. The standard InChI is InChI=1S/C14H20F3NO2/c1-5-8-18-13(2,14(15,16)17)10-6-7-11(19-3)12(9-10)20-4/h6-7,9,18H,5,8H2,1-4H3. The van der Waals surface area contributed by atoms with E-state index in [0.29, 0.717) is 12.2 Å². The first-order valence-electron chi connectivity index (χ1n) is 6.34. The minimum absolute atomic E-state index is 0.0936. The van der Waals surface area contributed by atoms with Crippen LogP contribution in [0.15, 0.2) is 18.2 Å². The zero-order valence-corrected chi connectivity index (χ0v) is 12.1. The third kappa shape index (κ3) is 3.17. The molecule has 1 rings (SSSR count). The lowest BCUT2D eigenvalue weighted by molar-refractivity contribution is -0.195. The van der Waals surface area contributed by atoms with E-state index in [1.54, 1.807) is 0 Å². The van der Waals surface area contributed by atoms with Crippen LogP contribution in [0, 0.1) is 0 Å². The summed E-state index contributed by atoms with van der Waals surface area (Å²) in [5.41, 5.74) is -2.03. The fourth-order valence-electron chi connectivity index (χ4n) is 1.89. The van der Waals surface area contributed by atoms with Gasteiger partial charge in [-0.3, -0.25) is 0 Å². The number of benzene rings is 1. The van der Waals surface area contributed by atoms with Gasteiger partial charge in [-0.1, -0.05) is 13.0 Å². The van der Waals surface area contributed by atoms with E-state index in [-0.39, 0.29) is 17.9 Å². The van der Waals surface area contributed by atoms with Crippen molar-refractivity contribution in [1.29, 1.82) is 0 Å². The van der Waals surface area contributed by atoms with Gasteiger partial charge in [0.1, 0.15) is 5.54 Å². The van der Waals surface area contributed by atoms with E-state index >= 15 is 0 Å². The number of halogens is 3. The molecule has 0 radical (unpaired) electrons. The van der Waals surface area contributed by atoms with Gasteiger partial charge >= 0.3 is 6.18 Å². The summed E-state index contributed by atoms with van der Waals surface area (Å²) >= 11 is 0. The minimum Gasteiger partial charge on any atom is -0.493 e. The summed E-state index contributed by atoms with van der Waals surface area (Å²) in [5.74, 6) is 0.676. The molecule has 0 saturated carbocycles. The summed E-state index contributed by atoms with van der Waals surface area (Å²) in [5, 5.41) is 2.57. The molecule has 6 heteroatoms. The molecule has 1 atom stereocenters. The Hall–Kier alpha value is -1.43. The molecule has 1 aromatic carbocycles. The second-order valence-electron chi connectivity index (χ2n) is 4.62. The molecular weight excluding hydrogens is 271 g/mol. The lowest BCUT2D eigenvalue weighted by Crippen LogP contribution is -2.51. The summed E-state index contributed by atoms with van der Waals surface area (Å²) in [6.45, 7) is 3.21. The van der Waals surface area contributed by atoms with Crippen LogP contribution in [0.3, 0.4) is 0 Å². The van der Waals surface area contributed by atoms with E-state index in [2.05, 4.69) is 5.32 Å². The Balaban J connectivity index is 3.27. The molecule has 0 aliphatic heterocycles. The minimum atomic E-state index is -4.41. The Morgan fingerprint density at radius 3 is 2.15 bits per heavy atom. The largest absolute Gasteiger partial charge is 0.493 e. The number of hydrogen-bond acceptors (Lipinski definition) is 3. The lowest BCUT2D eigenvalue weighted by Gasteiger charge is -2.34. The zero-order valence-electron chi connectivity index (χ0n) is 12.1. The van der Waals surface area contributed by atoms with Crippen LogP contribution < -0.4 is 14.8 Å². The van der Waals surface area contributed by atoms with Crippen molar-refractivity contribution in [2.45, 2.75) is 32.0 Å². The van der Waals surface area contributed by atoms with Gasteiger partial charge < -0.3 is 14.8 Å². The van der Waals surface area contributed by atoms with Gasteiger partial charge in [-0.25, -0.2) is 0 Å². The second kappa shape index (κ2) is 6.35. The van der Waals surface area contributed by atoms with E-state index in [9.17, 15) is 13.2 Å². The van der Waals surface area contributed by atoms with Crippen LogP contribution in [0.1, 0.15) is 25.8 Å². The molecule has 0 aliphatic rings. The summed E-state index contributed by atoms with van der Waals surface area (Å²) in [4.78, 5) is 0. The Labute approximate surface area is 117 Å². The highest BCUT2D eigenvalue weighted by Gasteiger charge is 2.52. The number of nitrogens with one attached hydrogen (secondary N) is 1. The topological polar surface area (TPSA) is 30.5 Å². The maximum Gasteiger partial charge on any atom is 0.410 e. The molecule has 3 nitrogen and oxygen atoms in total. The first-order valence-corrected chi connectivity index (χ1v) is 6.34. The summed E-state index contributed by atoms with van der Waals surface area (Å²) in [6.07, 6.45) is -3.80. The number of methoxy groups -OCH3 is 2. The van der Waals surface area contributed by atoms with Crippen LogP contribution in [-0.4, -0.2) is 26.9 Å². The van der Waals surface area contributed by atoms with E-state index in [1.165, 1.54) is 32.4 Å². The molecule has 0 spiro atoms. The number of hydrogen-bond donors (Lipinski definition) is 1. The van der Waals surface area contributed by atoms with Crippen molar-refractivity contribution >= 4 is 0 Å². The SMILES string of the molecule is CCCNC(C)(c1ccc(OC)c(OC)c1)C(F)(F)F. The van der Waals surface area contributed by atoms with Gasteiger partial charge in [0.2, 0.25) is 0 Å². The maximum absolute atomic E-state index is 13.4. The fourth-order valence-corrected chi connectivity index (χ4v) is 1.89. The molecule has 0 fully saturated rings. The second-order valence-corrected chi connectivity index (χ2v) is 4.62. The summed E-state index contributed by atoms with van der Waals surface area (Å²) in [7, 11) is 2.84. The summed E-state index contributed by atoms with van der Waals surface area (Å²) < 4.78 is 50.3. The lowest BCUT2D eigenvalue weighted by atomic mass is 9.90. The monoisotopic (exact) mass is 291 g/mol. The van der Waals surface area contributed by atoms with Crippen LogP contribution in [0.2, 0.25) is 0 Å². The first kappa shape index (κ1) is 16.6. The van der Waals surface area contributed by atoms with Crippen molar-refractivity contribution in [3.05, 3.63) is 23.8 Å². The van der Waals surface area contributed by atoms with Gasteiger partial charge in [0.05, 0.1) is 14.2 Å². The molecule has 114 valence electrons. The molecule has 0 aliphatic carbocycles. The molecule has 1 N–H and O–H groups in total. The van der Waals surface area contributed by atoms with E-state index in [0.717, 1.165) is 6.92 Å². The fraction of sp³-hybridized carbons (Fsp3) is 0.571. The molecule has 1 aromatic rings. The van der Waals surface area contributed by atoms with Gasteiger partial charge in [-0.15, -0.1) is 0 Å². The van der Waals surface area contributed by atoms with Crippen LogP contribution in [0.5, 0.6) is 11.5 Å². The molecular formula is C14H20F3NO2. The van der Waals surface area contributed by atoms with E-state index in [4.69, 9.17) is 9.47 Å². The highest BCUT2D eigenvalue weighted by molar-refractivity contribution is 5.45. The van der Waals surface area contributed by atoms with Gasteiger partial charge in [-0.2, -0.15) is 13.2 Å². The highest BCUT2D eigenvalue weighted by atomic mass is 19.4. The number of rotatable bonds is 6.